The molecule has 116 valence electrons. The molecule has 1 saturated carbocycles. The van der Waals surface area contributed by atoms with E-state index in [1.54, 1.807) is 7.11 Å². The van der Waals surface area contributed by atoms with Gasteiger partial charge in [-0.3, -0.25) is 4.79 Å². The molecule has 1 N–H and O–H groups in total. The van der Waals surface area contributed by atoms with Crippen molar-refractivity contribution in [1.82, 2.24) is 0 Å². The lowest BCUT2D eigenvalue weighted by atomic mass is 9.80. The zero-order valence-corrected chi connectivity index (χ0v) is 13.0. The number of hydrogen-bond donors (Lipinski definition) is 1. The summed E-state index contributed by atoms with van der Waals surface area (Å²) in [5, 5.41) is 9.78. The zero-order chi connectivity index (χ0) is 15.3. The number of rotatable bonds is 5. The van der Waals surface area contributed by atoms with Crippen LogP contribution < -0.4 is 9.64 Å². The van der Waals surface area contributed by atoms with Crippen LogP contribution in [-0.4, -0.2) is 31.8 Å². The van der Waals surface area contributed by atoms with Gasteiger partial charge < -0.3 is 14.7 Å². The summed E-state index contributed by atoms with van der Waals surface area (Å²) in [6.45, 7) is 0.530. The maximum absolute atomic E-state index is 11.9. The summed E-state index contributed by atoms with van der Waals surface area (Å²) in [5.41, 5.74) is 0.316. The second kappa shape index (κ2) is 6.83. The smallest absolute Gasteiger partial charge is 0.311 e. The quantitative estimate of drug-likeness (QED) is 0.843. The van der Waals surface area contributed by atoms with E-state index in [4.69, 9.17) is 4.74 Å². The first-order chi connectivity index (χ1) is 10.1. The van der Waals surface area contributed by atoms with E-state index in [2.05, 4.69) is 0 Å². The van der Waals surface area contributed by atoms with E-state index in [0.717, 1.165) is 50.0 Å². The van der Waals surface area contributed by atoms with Gasteiger partial charge in [-0.2, -0.15) is 0 Å². The Kier molecular flexibility index (Phi) is 5.10. The molecule has 21 heavy (non-hydrogen) atoms. The maximum Gasteiger partial charge on any atom is 0.311 e. The molecule has 4 nitrogen and oxygen atoms in total. The van der Waals surface area contributed by atoms with E-state index < -0.39 is 11.4 Å². The second-order valence-electron chi connectivity index (χ2n) is 6.03. The molecule has 0 aromatic heterocycles. The van der Waals surface area contributed by atoms with Crippen LogP contribution in [0.5, 0.6) is 5.75 Å². The van der Waals surface area contributed by atoms with Gasteiger partial charge in [0.15, 0.2) is 0 Å². The van der Waals surface area contributed by atoms with Crippen LogP contribution in [0.2, 0.25) is 0 Å². The van der Waals surface area contributed by atoms with Gasteiger partial charge in [-0.25, -0.2) is 0 Å². The third kappa shape index (κ3) is 3.49. The van der Waals surface area contributed by atoms with Crippen LogP contribution in [-0.2, 0) is 4.79 Å². The lowest BCUT2D eigenvalue weighted by molar-refractivity contribution is -0.149. The molecular formula is C17H25NO3. The molecule has 0 bridgehead atoms. The van der Waals surface area contributed by atoms with Crippen molar-refractivity contribution in [3.05, 3.63) is 24.3 Å². The van der Waals surface area contributed by atoms with E-state index in [9.17, 15) is 9.90 Å². The van der Waals surface area contributed by atoms with Gasteiger partial charge in [0.25, 0.3) is 0 Å². The highest BCUT2D eigenvalue weighted by atomic mass is 16.5. The average molecular weight is 291 g/mol. The fourth-order valence-corrected chi connectivity index (χ4v) is 3.33. The Balaban J connectivity index is 2.21. The van der Waals surface area contributed by atoms with Gasteiger partial charge in [-0.05, 0) is 25.0 Å². The Morgan fingerprint density at radius 1 is 1.24 bits per heavy atom. The Bertz CT molecular complexity index is 479. The number of nitrogens with zero attached hydrogens (tertiary/aromatic N) is 1. The summed E-state index contributed by atoms with van der Waals surface area (Å²) in [7, 11) is 3.60. The van der Waals surface area contributed by atoms with Gasteiger partial charge in [0.2, 0.25) is 0 Å². The highest BCUT2D eigenvalue weighted by Crippen LogP contribution is 2.38. The molecule has 0 heterocycles. The number of ether oxygens (including phenoxy) is 1. The number of carbonyl (C=O) groups is 1. The molecule has 4 heteroatoms. The number of carboxylic acids is 1. The van der Waals surface area contributed by atoms with Crippen molar-refractivity contribution in [3.63, 3.8) is 0 Å². The van der Waals surface area contributed by atoms with Crippen molar-refractivity contribution in [3.8, 4) is 5.75 Å². The number of aliphatic carboxylic acids is 1. The Hall–Kier alpha value is -1.71. The summed E-state index contributed by atoms with van der Waals surface area (Å²) in [4.78, 5) is 13.9. The lowest BCUT2D eigenvalue weighted by Gasteiger charge is -2.34. The van der Waals surface area contributed by atoms with Crippen molar-refractivity contribution >= 4 is 11.7 Å². The number of para-hydroxylation sites is 2. The van der Waals surface area contributed by atoms with Crippen molar-refractivity contribution in [2.75, 3.05) is 25.6 Å². The molecule has 0 spiro atoms. The molecule has 1 aromatic rings. The third-order valence-corrected chi connectivity index (χ3v) is 4.55. The first-order valence-corrected chi connectivity index (χ1v) is 7.67. The van der Waals surface area contributed by atoms with E-state index in [0.29, 0.717) is 6.54 Å². The van der Waals surface area contributed by atoms with Crippen molar-refractivity contribution < 1.29 is 14.6 Å². The van der Waals surface area contributed by atoms with Crippen LogP contribution in [0.1, 0.15) is 38.5 Å². The molecule has 1 fully saturated rings. The van der Waals surface area contributed by atoms with E-state index in [1.807, 2.05) is 36.2 Å². The molecule has 0 atom stereocenters. The minimum atomic E-state index is -0.661. The molecule has 2 rings (SSSR count). The fourth-order valence-electron chi connectivity index (χ4n) is 3.33. The highest BCUT2D eigenvalue weighted by molar-refractivity contribution is 5.76. The molecule has 1 aliphatic carbocycles. The average Bonchev–Trinajstić information content (AvgIpc) is 2.73. The van der Waals surface area contributed by atoms with Crippen molar-refractivity contribution in [1.29, 1.82) is 0 Å². The molecule has 0 saturated heterocycles. The van der Waals surface area contributed by atoms with Gasteiger partial charge in [0.05, 0.1) is 18.2 Å². The van der Waals surface area contributed by atoms with Gasteiger partial charge in [-0.1, -0.05) is 37.8 Å². The van der Waals surface area contributed by atoms with E-state index in [-0.39, 0.29) is 0 Å². The van der Waals surface area contributed by atoms with Gasteiger partial charge >= 0.3 is 5.97 Å². The van der Waals surface area contributed by atoms with Crippen LogP contribution in [0.15, 0.2) is 24.3 Å². The fraction of sp³-hybridized carbons (Fsp3) is 0.588. The topological polar surface area (TPSA) is 49.8 Å². The Labute approximate surface area is 126 Å². The minimum Gasteiger partial charge on any atom is -0.495 e. The lowest BCUT2D eigenvalue weighted by Crippen LogP contribution is -2.41. The molecule has 0 amide bonds. The first-order valence-electron chi connectivity index (χ1n) is 7.67. The summed E-state index contributed by atoms with van der Waals surface area (Å²) < 4.78 is 5.38. The molecule has 1 aromatic carbocycles. The number of methoxy groups -OCH3 is 1. The van der Waals surface area contributed by atoms with Gasteiger partial charge in [0.1, 0.15) is 5.75 Å². The van der Waals surface area contributed by atoms with Crippen LogP contribution in [0, 0.1) is 5.41 Å². The van der Waals surface area contributed by atoms with E-state index in [1.165, 1.54) is 0 Å². The standard InChI is InChI=1S/C17H25NO3/c1-18(14-9-5-6-10-15(14)21-2)13-17(16(19)20)11-7-3-4-8-12-17/h5-6,9-10H,3-4,7-8,11-13H2,1-2H3,(H,19,20). The van der Waals surface area contributed by atoms with Crippen LogP contribution >= 0.6 is 0 Å². The van der Waals surface area contributed by atoms with Gasteiger partial charge in [-0.15, -0.1) is 0 Å². The van der Waals surface area contributed by atoms with Crippen LogP contribution in [0.3, 0.4) is 0 Å². The summed E-state index contributed by atoms with van der Waals surface area (Å²) in [5.74, 6) is 0.125. The normalized spacial score (nSPS) is 17.8. The van der Waals surface area contributed by atoms with Crippen LogP contribution in [0.4, 0.5) is 5.69 Å². The number of hydrogen-bond acceptors (Lipinski definition) is 3. The van der Waals surface area contributed by atoms with Crippen molar-refractivity contribution in [2.45, 2.75) is 38.5 Å². The molecule has 1 aliphatic rings. The van der Waals surface area contributed by atoms with Crippen molar-refractivity contribution in [2.24, 2.45) is 5.41 Å². The number of benzene rings is 1. The highest BCUT2D eigenvalue weighted by Gasteiger charge is 2.39. The molecule has 0 aliphatic heterocycles. The summed E-state index contributed by atoms with van der Waals surface area (Å²) >= 11 is 0. The third-order valence-electron chi connectivity index (χ3n) is 4.55. The summed E-state index contributed by atoms with van der Waals surface area (Å²) in [6.07, 6.45) is 5.84. The first kappa shape index (κ1) is 15.7. The second-order valence-corrected chi connectivity index (χ2v) is 6.03. The Morgan fingerprint density at radius 2 is 1.86 bits per heavy atom. The zero-order valence-electron chi connectivity index (χ0n) is 13.0. The van der Waals surface area contributed by atoms with Crippen LogP contribution in [0.25, 0.3) is 0 Å². The summed E-state index contributed by atoms with van der Waals surface area (Å²) in [6, 6.07) is 7.77. The largest absolute Gasteiger partial charge is 0.495 e. The monoisotopic (exact) mass is 291 g/mol. The maximum atomic E-state index is 11.9. The van der Waals surface area contributed by atoms with E-state index >= 15 is 0 Å². The minimum absolute atomic E-state index is 0.530. The molecule has 0 radical (unpaired) electrons. The van der Waals surface area contributed by atoms with Gasteiger partial charge in [0, 0.05) is 13.6 Å². The molecular weight excluding hydrogens is 266 g/mol. The predicted molar refractivity (Wildman–Crippen MR) is 84.0 cm³/mol. The molecule has 0 unspecified atom stereocenters. The number of carboxylic acid groups (broad SMARTS) is 1. The number of anilines is 1. The predicted octanol–water partition coefficient (Wildman–Crippen LogP) is 3.56. The Morgan fingerprint density at radius 3 is 2.43 bits per heavy atom. The SMILES string of the molecule is COc1ccccc1N(C)CC1(C(=O)O)CCCCCC1.